The second-order valence-corrected chi connectivity index (χ2v) is 6.41. The van der Waals surface area contributed by atoms with Crippen molar-refractivity contribution in [3.05, 3.63) is 23.3 Å². The molecule has 1 aromatic carbocycles. The summed E-state index contributed by atoms with van der Waals surface area (Å²) in [6, 6.07) is 3.66. The third kappa shape index (κ3) is 2.89. The maximum absolute atomic E-state index is 12.3. The summed E-state index contributed by atoms with van der Waals surface area (Å²) in [5.74, 6) is -0.120. The van der Waals surface area contributed by atoms with Crippen molar-refractivity contribution in [2.45, 2.75) is 32.8 Å². The Kier molecular flexibility index (Phi) is 3.98. The number of thiazole rings is 1. The van der Waals surface area contributed by atoms with Crippen LogP contribution >= 0.6 is 11.3 Å². The van der Waals surface area contributed by atoms with Crippen molar-refractivity contribution in [1.29, 1.82) is 0 Å². The Hall–Kier alpha value is -2.15. The van der Waals surface area contributed by atoms with Gasteiger partial charge in [-0.05, 0) is 31.0 Å². The van der Waals surface area contributed by atoms with E-state index in [-0.39, 0.29) is 12.0 Å². The molecule has 6 nitrogen and oxygen atoms in total. The summed E-state index contributed by atoms with van der Waals surface area (Å²) >= 11 is 1.39. The molecule has 1 aliphatic rings. The summed E-state index contributed by atoms with van der Waals surface area (Å²) in [6.45, 7) is 4.43. The number of nitrogens with zero attached hydrogens (tertiary/aromatic N) is 2. The maximum atomic E-state index is 12.3. The molecule has 1 amide bonds. The normalized spacial score (nSPS) is 17.4. The van der Waals surface area contributed by atoms with Crippen molar-refractivity contribution in [2.75, 3.05) is 12.3 Å². The standard InChI is InChI=1S/C15H18N4O2S/c1-3-10-6-11(21-19-10)7-17-14(20)9-4-8(2)13-12(5-9)22-15(16)18-13/h4-5,11H,3,6-7H2,1-2H3,(H2,16,18)(H,17,20)/t11-/m0/s1. The first-order chi connectivity index (χ1) is 10.6. The first kappa shape index (κ1) is 14.8. The van der Waals surface area contributed by atoms with Crippen molar-refractivity contribution >= 4 is 38.3 Å². The number of aromatic nitrogens is 1. The zero-order valence-corrected chi connectivity index (χ0v) is 13.4. The minimum Gasteiger partial charge on any atom is -0.390 e. The molecule has 1 aromatic heterocycles. The molecular formula is C15H18N4O2S. The number of nitrogens with two attached hydrogens (primary N) is 1. The summed E-state index contributed by atoms with van der Waals surface area (Å²) < 4.78 is 0.927. The molecule has 7 heteroatoms. The summed E-state index contributed by atoms with van der Waals surface area (Å²) in [5, 5.41) is 7.40. The Morgan fingerprint density at radius 3 is 3.09 bits per heavy atom. The van der Waals surface area contributed by atoms with E-state index in [1.165, 1.54) is 11.3 Å². The number of nitrogens with one attached hydrogen (secondary N) is 1. The van der Waals surface area contributed by atoms with E-state index >= 15 is 0 Å². The number of anilines is 1. The van der Waals surface area contributed by atoms with Gasteiger partial charge in [0.25, 0.3) is 5.91 Å². The summed E-state index contributed by atoms with van der Waals surface area (Å²) in [7, 11) is 0. The average molecular weight is 318 g/mol. The van der Waals surface area contributed by atoms with Gasteiger partial charge in [0.2, 0.25) is 0 Å². The van der Waals surface area contributed by atoms with Crippen molar-refractivity contribution in [3.8, 4) is 0 Å². The van der Waals surface area contributed by atoms with Gasteiger partial charge in [0.1, 0.15) is 6.10 Å². The molecule has 0 saturated carbocycles. The number of amides is 1. The number of hydrogen-bond acceptors (Lipinski definition) is 6. The second-order valence-electron chi connectivity index (χ2n) is 5.34. The van der Waals surface area contributed by atoms with E-state index in [0.717, 1.165) is 34.3 Å². The van der Waals surface area contributed by atoms with Crippen LogP contribution in [0.25, 0.3) is 10.2 Å². The average Bonchev–Trinajstić information content (AvgIpc) is 3.10. The molecule has 1 aliphatic heterocycles. The van der Waals surface area contributed by atoms with Crippen LogP contribution in [0.1, 0.15) is 35.7 Å². The summed E-state index contributed by atoms with van der Waals surface area (Å²) in [4.78, 5) is 21.9. The Morgan fingerprint density at radius 1 is 1.55 bits per heavy atom. The number of carbonyl (C=O) groups is 1. The van der Waals surface area contributed by atoms with Crippen molar-refractivity contribution < 1.29 is 9.63 Å². The molecule has 0 bridgehead atoms. The van der Waals surface area contributed by atoms with Crippen molar-refractivity contribution in [2.24, 2.45) is 5.16 Å². The third-order valence-corrected chi connectivity index (χ3v) is 4.49. The molecule has 0 fully saturated rings. The number of hydrogen-bond donors (Lipinski definition) is 2. The van der Waals surface area contributed by atoms with Gasteiger partial charge >= 0.3 is 0 Å². The van der Waals surface area contributed by atoms with Gasteiger partial charge in [0.05, 0.1) is 22.5 Å². The Labute approximate surface area is 132 Å². The molecule has 2 heterocycles. The molecule has 3 N–H and O–H groups in total. The fourth-order valence-electron chi connectivity index (χ4n) is 2.46. The van der Waals surface area contributed by atoms with Gasteiger partial charge in [0.15, 0.2) is 5.13 Å². The first-order valence-electron chi connectivity index (χ1n) is 7.23. The number of benzene rings is 1. The molecule has 3 rings (SSSR count). The van der Waals surface area contributed by atoms with Gasteiger partial charge in [-0.1, -0.05) is 23.4 Å². The number of fused-ring (bicyclic) bond motifs is 1. The number of carbonyl (C=O) groups excluding carboxylic acids is 1. The van der Waals surface area contributed by atoms with Crippen LogP contribution in [0.2, 0.25) is 0 Å². The quantitative estimate of drug-likeness (QED) is 0.906. The highest BCUT2D eigenvalue weighted by atomic mass is 32.1. The van der Waals surface area contributed by atoms with Gasteiger partial charge in [-0.3, -0.25) is 4.79 Å². The molecule has 0 unspecified atom stereocenters. The van der Waals surface area contributed by atoms with Crippen molar-refractivity contribution in [3.63, 3.8) is 0 Å². The van der Waals surface area contributed by atoms with Crippen LogP contribution in [0.15, 0.2) is 17.3 Å². The number of nitrogen functional groups attached to an aromatic ring is 1. The molecule has 2 aromatic rings. The molecular weight excluding hydrogens is 300 g/mol. The van der Waals surface area contributed by atoms with Crippen LogP contribution in [-0.4, -0.2) is 29.3 Å². The first-order valence-corrected chi connectivity index (χ1v) is 8.05. The van der Waals surface area contributed by atoms with Crippen LogP contribution in [0.4, 0.5) is 5.13 Å². The predicted octanol–water partition coefficient (Wildman–Crippen LogP) is 2.47. The van der Waals surface area contributed by atoms with Gasteiger partial charge in [-0.25, -0.2) is 4.98 Å². The highest BCUT2D eigenvalue weighted by Crippen LogP contribution is 2.27. The molecule has 0 saturated heterocycles. The van der Waals surface area contributed by atoms with Crippen LogP contribution < -0.4 is 11.1 Å². The lowest BCUT2D eigenvalue weighted by Gasteiger charge is -2.10. The highest BCUT2D eigenvalue weighted by molar-refractivity contribution is 7.22. The number of rotatable bonds is 4. The van der Waals surface area contributed by atoms with E-state index in [1.54, 1.807) is 0 Å². The molecule has 116 valence electrons. The van der Waals surface area contributed by atoms with Gasteiger partial charge in [0, 0.05) is 12.0 Å². The highest BCUT2D eigenvalue weighted by Gasteiger charge is 2.21. The van der Waals surface area contributed by atoms with Gasteiger partial charge in [-0.2, -0.15) is 0 Å². The fraction of sp³-hybridized carbons (Fsp3) is 0.400. The minimum absolute atomic E-state index is 0.0669. The molecule has 0 aliphatic carbocycles. The van der Waals surface area contributed by atoms with E-state index in [2.05, 4.69) is 15.5 Å². The Morgan fingerprint density at radius 2 is 2.36 bits per heavy atom. The number of oxime groups is 1. The lowest BCUT2D eigenvalue weighted by molar-refractivity contribution is 0.0753. The topological polar surface area (TPSA) is 89.6 Å². The van der Waals surface area contributed by atoms with E-state index < -0.39 is 0 Å². The zero-order valence-electron chi connectivity index (χ0n) is 12.5. The van der Waals surface area contributed by atoms with E-state index in [1.807, 2.05) is 26.0 Å². The zero-order chi connectivity index (χ0) is 15.7. The van der Waals surface area contributed by atoms with E-state index in [0.29, 0.717) is 17.2 Å². The van der Waals surface area contributed by atoms with Gasteiger partial charge < -0.3 is 15.9 Å². The summed E-state index contributed by atoms with van der Waals surface area (Å²) in [5.41, 5.74) is 9.19. The van der Waals surface area contributed by atoms with Gasteiger partial charge in [-0.15, -0.1) is 0 Å². The predicted molar refractivity (Wildman–Crippen MR) is 88.3 cm³/mol. The SMILES string of the molecule is CCC1=NO[C@H](CNC(=O)c2cc(C)c3nc(N)sc3c2)C1. The molecule has 0 spiro atoms. The lowest BCUT2D eigenvalue weighted by Crippen LogP contribution is -2.32. The van der Waals surface area contributed by atoms with Crippen LogP contribution in [-0.2, 0) is 4.84 Å². The second kappa shape index (κ2) is 5.92. The lowest BCUT2D eigenvalue weighted by atomic mass is 10.1. The minimum atomic E-state index is -0.120. The largest absolute Gasteiger partial charge is 0.390 e. The smallest absolute Gasteiger partial charge is 0.251 e. The van der Waals surface area contributed by atoms with Crippen LogP contribution in [0.5, 0.6) is 0 Å². The Bertz CT molecular complexity index is 753. The molecule has 22 heavy (non-hydrogen) atoms. The van der Waals surface area contributed by atoms with E-state index in [4.69, 9.17) is 10.6 Å². The Balaban J connectivity index is 1.67. The fourth-order valence-corrected chi connectivity index (χ4v) is 3.31. The van der Waals surface area contributed by atoms with E-state index in [9.17, 15) is 4.79 Å². The van der Waals surface area contributed by atoms with Crippen molar-refractivity contribution in [1.82, 2.24) is 10.3 Å². The van der Waals surface area contributed by atoms with Crippen LogP contribution in [0, 0.1) is 6.92 Å². The maximum Gasteiger partial charge on any atom is 0.251 e. The third-order valence-electron chi connectivity index (χ3n) is 3.66. The molecule has 1 atom stereocenters. The summed E-state index contributed by atoms with van der Waals surface area (Å²) in [6.07, 6.45) is 1.59. The number of aryl methyl sites for hydroxylation is 1. The monoisotopic (exact) mass is 318 g/mol. The molecule has 0 radical (unpaired) electrons. The van der Waals surface area contributed by atoms with Crippen LogP contribution in [0.3, 0.4) is 0 Å².